The zero-order chi connectivity index (χ0) is 15.8. The second-order valence-electron chi connectivity index (χ2n) is 4.35. The molecule has 1 aromatic carbocycles. The molecule has 4 nitrogen and oxygen atoms in total. The Morgan fingerprint density at radius 1 is 1.33 bits per heavy atom. The number of aromatic nitrogens is 1. The van der Waals surface area contributed by atoms with Gasteiger partial charge in [0.25, 0.3) is 0 Å². The van der Waals surface area contributed by atoms with Crippen LogP contribution >= 0.6 is 11.3 Å². The monoisotopic (exact) mass is 316 g/mol. The molecule has 112 valence electrons. The highest BCUT2D eigenvalue weighted by Crippen LogP contribution is 2.37. The number of nitrogens with one attached hydrogen (secondary N) is 1. The Hall–Kier alpha value is -2.09. The first-order chi connectivity index (χ1) is 9.68. The third-order valence-electron chi connectivity index (χ3n) is 2.85. The van der Waals surface area contributed by atoms with E-state index in [1.807, 2.05) is 12.2 Å². The van der Waals surface area contributed by atoms with Crippen LogP contribution in [0.2, 0.25) is 0 Å². The van der Waals surface area contributed by atoms with Crippen molar-refractivity contribution in [3.63, 3.8) is 0 Å². The van der Waals surface area contributed by atoms with E-state index in [0.29, 0.717) is 10.6 Å². The second kappa shape index (κ2) is 5.36. The van der Waals surface area contributed by atoms with Crippen molar-refractivity contribution in [1.82, 2.24) is 4.98 Å². The van der Waals surface area contributed by atoms with E-state index in [1.165, 1.54) is 17.4 Å². The number of thiazole rings is 1. The van der Waals surface area contributed by atoms with Crippen LogP contribution in [0.3, 0.4) is 0 Å². The minimum atomic E-state index is -4.54. The number of alkyl halides is 3. The molecule has 0 saturated heterocycles. The second-order valence-corrected chi connectivity index (χ2v) is 5.55. The molecule has 2 rings (SSSR count). The Kier molecular flexibility index (Phi) is 3.91. The third-order valence-corrected chi connectivity index (χ3v) is 3.95. The predicted octanol–water partition coefficient (Wildman–Crippen LogP) is 4.54. The number of halogens is 3. The summed E-state index contributed by atoms with van der Waals surface area (Å²) in [5, 5.41) is 11.3. The lowest BCUT2D eigenvalue weighted by atomic mass is 10.1. The first-order valence-electron chi connectivity index (χ1n) is 5.84. The SMILES string of the molecule is Cc1nc(-c2ccc(C(F)(F)F)cc2NC(=O)O)sc1C. The van der Waals surface area contributed by atoms with Crippen molar-refractivity contribution in [1.29, 1.82) is 0 Å². The van der Waals surface area contributed by atoms with Crippen molar-refractivity contribution in [2.24, 2.45) is 0 Å². The number of hydrogen-bond donors (Lipinski definition) is 2. The minimum Gasteiger partial charge on any atom is -0.465 e. The molecular formula is C13H11F3N2O2S. The summed E-state index contributed by atoms with van der Waals surface area (Å²) in [5.41, 5.74) is 0.0360. The summed E-state index contributed by atoms with van der Waals surface area (Å²) in [4.78, 5) is 15.9. The van der Waals surface area contributed by atoms with Crippen LogP contribution in [0, 0.1) is 13.8 Å². The number of carboxylic acid groups (broad SMARTS) is 1. The van der Waals surface area contributed by atoms with Crippen LogP contribution < -0.4 is 5.32 Å². The van der Waals surface area contributed by atoms with Gasteiger partial charge in [-0.1, -0.05) is 0 Å². The number of amides is 1. The van der Waals surface area contributed by atoms with Crippen LogP contribution in [-0.2, 0) is 6.18 Å². The van der Waals surface area contributed by atoms with Gasteiger partial charge < -0.3 is 5.11 Å². The summed E-state index contributed by atoms with van der Waals surface area (Å²) in [6.45, 7) is 3.62. The van der Waals surface area contributed by atoms with E-state index in [4.69, 9.17) is 5.11 Å². The van der Waals surface area contributed by atoms with Gasteiger partial charge in [0.05, 0.1) is 16.9 Å². The third kappa shape index (κ3) is 3.33. The summed E-state index contributed by atoms with van der Waals surface area (Å²) in [5.74, 6) is 0. The molecule has 0 aliphatic heterocycles. The molecule has 0 radical (unpaired) electrons. The molecule has 1 amide bonds. The maximum absolute atomic E-state index is 12.7. The number of aryl methyl sites for hydroxylation is 2. The highest BCUT2D eigenvalue weighted by molar-refractivity contribution is 7.15. The van der Waals surface area contributed by atoms with E-state index in [9.17, 15) is 18.0 Å². The molecule has 2 N–H and O–H groups in total. The quantitative estimate of drug-likeness (QED) is 0.855. The maximum Gasteiger partial charge on any atom is 0.416 e. The standard InChI is InChI=1S/C13H11F3N2O2S/c1-6-7(2)21-11(17-6)9-4-3-8(13(14,15)16)5-10(9)18-12(19)20/h3-5,18H,1-2H3,(H,19,20). The fourth-order valence-corrected chi connectivity index (χ4v) is 2.67. The van der Waals surface area contributed by atoms with Gasteiger partial charge in [-0.05, 0) is 32.0 Å². The molecule has 2 aromatic rings. The van der Waals surface area contributed by atoms with Crippen molar-refractivity contribution in [3.05, 3.63) is 34.3 Å². The minimum absolute atomic E-state index is 0.133. The average Bonchev–Trinajstić information content (AvgIpc) is 2.67. The smallest absolute Gasteiger partial charge is 0.416 e. The molecule has 0 atom stereocenters. The Morgan fingerprint density at radius 2 is 2.00 bits per heavy atom. The van der Waals surface area contributed by atoms with E-state index >= 15 is 0 Å². The maximum atomic E-state index is 12.7. The first kappa shape index (κ1) is 15.3. The number of nitrogens with zero attached hydrogens (tertiary/aromatic N) is 1. The zero-order valence-electron chi connectivity index (χ0n) is 11.1. The summed E-state index contributed by atoms with van der Waals surface area (Å²) in [6.07, 6.45) is -5.97. The Balaban J connectivity index is 2.57. The van der Waals surface area contributed by atoms with Gasteiger partial charge in [-0.2, -0.15) is 13.2 Å². The molecule has 21 heavy (non-hydrogen) atoms. The van der Waals surface area contributed by atoms with Gasteiger partial charge in [0, 0.05) is 10.4 Å². The Labute approximate surface area is 122 Å². The van der Waals surface area contributed by atoms with Gasteiger partial charge >= 0.3 is 12.3 Å². The molecule has 0 bridgehead atoms. The van der Waals surface area contributed by atoms with Crippen molar-refractivity contribution >= 4 is 23.1 Å². The molecular weight excluding hydrogens is 305 g/mol. The normalized spacial score (nSPS) is 11.5. The molecule has 0 spiro atoms. The molecule has 8 heteroatoms. The molecule has 1 heterocycles. The van der Waals surface area contributed by atoms with Gasteiger partial charge in [-0.15, -0.1) is 11.3 Å². The van der Waals surface area contributed by atoms with Crippen molar-refractivity contribution in [3.8, 4) is 10.6 Å². The molecule has 0 unspecified atom stereocenters. The van der Waals surface area contributed by atoms with Gasteiger partial charge in [-0.25, -0.2) is 9.78 Å². The molecule has 1 aromatic heterocycles. The van der Waals surface area contributed by atoms with E-state index in [1.54, 1.807) is 6.92 Å². The molecule has 0 aliphatic rings. The van der Waals surface area contributed by atoms with E-state index in [-0.39, 0.29) is 5.69 Å². The van der Waals surface area contributed by atoms with Gasteiger partial charge in [0.2, 0.25) is 0 Å². The lowest BCUT2D eigenvalue weighted by Crippen LogP contribution is -2.11. The average molecular weight is 316 g/mol. The van der Waals surface area contributed by atoms with E-state index in [2.05, 4.69) is 4.98 Å². The fourth-order valence-electron chi connectivity index (χ4n) is 1.71. The Morgan fingerprint density at radius 3 is 2.48 bits per heavy atom. The molecule has 0 saturated carbocycles. The first-order valence-corrected chi connectivity index (χ1v) is 6.65. The van der Waals surface area contributed by atoms with Crippen LogP contribution in [0.1, 0.15) is 16.1 Å². The topological polar surface area (TPSA) is 62.2 Å². The number of anilines is 1. The summed E-state index contributed by atoms with van der Waals surface area (Å²) in [7, 11) is 0. The van der Waals surface area contributed by atoms with Crippen molar-refractivity contribution < 1.29 is 23.1 Å². The molecule has 0 aliphatic carbocycles. The molecule has 0 fully saturated rings. The number of rotatable bonds is 2. The van der Waals surface area contributed by atoms with Crippen molar-refractivity contribution in [2.45, 2.75) is 20.0 Å². The predicted molar refractivity (Wildman–Crippen MR) is 73.7 cm³/mol. The highest BCUT2D eigenvalue weighted by Gasteiger charge is 2.31. The fraction of sp³-hybridized carbons (Fsp3) is 0.231. The largest absolute Gasteiger partial charge is 0.465 e. The van der Waals surface area contributed by atoms with Crippen LogP contribution in [0.25, 0.3) is 10.6 Å². The van der Waals surface area contributed by atoms with Crippen LogP contribution in [0.4, 0.5) is 23.7 Å². The summed E-state index contributed by atoms with van der Waals surface area (Å²) in [6, 6.07) is 2.91. The van der Waals surface area contributed by atoms with Crippen LogP contribution in [-0.4, -0.2) is 16.2 Å². The van der Waals surface area contributed by atoms with Gasteiger partial charge in [-0.3, -0.25) is 5.32 Å². The Bertz CT molecular complexity index is 676. The van der Waals surface area contributed by atoms with Gasteiger partial charge in [0.15, 0.2) is 0 Å². The van der Waals surface area contributed by atoms with Crippen LogP contribution in [0.5, 0.6) is 0 Å². The van der Waals surface area contributed by atoms with Gasteiger partial charge in [0.1, 0.15) is 5.01 Å². The van der Waals surface area contributed by atoms with E-state index in [0.717, 1.165) is 22.7 Å². The summed E-state index contributed by atoms with van der Waals surface area (Å²) >= 11 is 1.30. The van der Waals surface area contributed by atoms with Crippen LogP contribution in [0.15, 0.2) is 18.2 Å². The number of benzene rings is 1. The zero-order valence-corrected chi connectivity index (χ0v) is 11.9. The van der Waals surface area contributed by atoms with E-state index < -0.39 is 17.8 Å². The lowest BCUT2D eigenvalue weighted by molar-refractivity contribution is -0.137. The summed E-state index contributed by atoms with van der Waals surface area (Å²) < 4.78 is 38.2. The number of hydrogen-bond acceptors (Lipinski definition) is 3. The number of carbonyl (C=O) groups is 1. The lowest BCUT2D eigenvalue weighted by Gasteiger charge is -2.12. The highest BCUT2D eigenvalue weighted by atomic mass is 32.1. The van der Waals surface area contributed by atoms with Crippen molar-refractivity contribution in [2.75, 3.05) is 5.32 Å².